The summed E-state index contributed by atoms with van der Waals surface area (Å²) < 4.78 is 0. The molecule has 0 radical (unpaired) electrons. The third-order valence-electron chi connectivity index (χ3n) is 3.09. The lowest BCUT2D eigenvalue weighted by atomic mass is 10.1. The molecule has 0 aromatic rings. The van der Waals surface area contributed by atoms with Gasteiger partial charge in [-0.1, -0.05) is 19.9 Å². The third-order valence-corrected chi connectivity index (χ3v) is 3.36. The first-order valence-electron chi connectivity index (χ1n) is 6.20. The fourth-order valence-corrected chi connectivity index (χ4v) is 1.85. The number of hydroxylamine groups is 1. The summed E-state index contributed by atoms with van der Waals surface area (Å²) in [7, 11) is 0. The molecular formula is C13H20ClNO3. The van der Waals surface area contributed by atoms with E-state index in [9.17, 15) is 9.59 Å². The molecule has 1 rings (SSSR count). The van der Waals surface area contributed by atoms with Crippen molar-refractivity contribution in [2.45, 2.75) is 39.5 Å². The van der Waals surface area contributed by atoms with E-state index in [1.807, 2.05) is 13.8 Å². The largest absolute Gasteiger partial charge is 0.355 e. The molecule has 5 heteroatoms. The van der Waals surface area contributed by atoms with Crippen LogP contribution in [0.4, 0.5) is 0 Å². The van der Waals surface area contributed by atoms with Gasteiger partial charge in [-0.3, -0.25) is 4.79 Å². The molecule has 0 heterocycles. The Labute approximate surface area is 113 Å². The minimum atomic E-state index is -0.548. The van der Waals surface area contributed by atoms with Gasteiger partial charge in [0, 0.05) is 17.9 Å². The second kappa shape index (κ2) is 6.78. The first-order chi connectivity index (χ1) is 8.47. The molecule has 0 unspecified atom stereocenters. The number of rotatable bonds is 6. The average molecular weight is 274 g/mol. The minimum Gasteiger partial charge on any atom is -0.336 e. The van der Waals surface area contributed by atoms with Crippen LogP contribution in [-0.4, -0.2) is 17.8 Å². The number of nitrogens with one attached hydrogen (secondary N) is 1. The van der Waals surface area contributed by atoms with Gasteiger partial charge in [-0.2, -0.15) is 5.48 Å². The van der Waals surface area contributed by atoms with Gasteiger partial charge in [-0.15, -0.1) is 11.6 Å². The highest BCUT2D eigenvalue weighted by Gasteiger charge is 2.50. The molecule has 102 valence electrons. The Morgan fingerprint density at radius 1 is 1.44 bits per heavy atom. The van der Waals surface area contributed by atoms with E-state index in [1.165, 1.54) is 6.08 Å². The fourth-order valence-electron chi connectivity index (χ4n) is 1.66. The van der Waals surface area contributed by atoms with Crippen molar-refractivity contribution < 1.29 is 14.4 Å². The maximum Gasteiger partial charge on any atom is 0.355 e. The fraction of sp³-hybridized carbons (Fsp3) is 0.692. The number of halogens is 1. The summed E-state index contributed by atoms with van der Waals surface area (Å²) in [5.74, 6) is -0.180. The maximum absolute atomic E-state index is 11.5. The minimum absolute atomic E-state index is 0.0356. The number of unbranched alkanes of at least 4 members (excludes halogenated alkanes) is 2. The molecular weight excluding hydrogens is 254 g/mol. The van der Waals surface area contributed by atoms with Crippen LogP contribution in [0.25, 0.3) is 0 Å². The lowest BCUT2D eigenvalue weighted by molar-refractivity contribution is -0.154. The van der Waals surface area contributed by atoms with E-state index < -0.39 is 5.97 Å². The van der Waals surface area contributed by atoms with Crippen LogP contribution >= 0.6 is 11.6 Å². The summed E-state index contributed by atoms with van der Waals surface area (Å²) in [5.41, 5.74) is 2.23. The predicted octanol–water partition coefficient (Wildman–Crippen LogP) is 2.57. The van der Waals surface area contributed by atoms with Crippen molar-refractivity contribution in [1.82, 2.24) is 5.48 Å². The molecule has 18 heavy (non-hydrogen) atoms. The van der Waals surface area contributed by atoms with Gasteiger partial charge in [-0.05, 0) is 31.1 Å². The molecule has 4 nitrogen and oxygen atoms in total. The number of alkyl halides is 1. The Morgan fingerprint density at radius 3 is 2.67 bits per heavy atom. The van der Waals surface area contributed by atoms with Crippen molar-refractivity contribution in [2.75, 3.05) is 5.88 Å². The van der Waals surface area contributed by atoms with E-state index in [4.69, 9.17) is 11.6 Å². The third kappa shape index (κ3) is 5.08. The van der Waals surface area contributed by atoms with Gasteiger partial charge in [0.05, 0.1) is 0 Å². The summed E-state index contributed by atoms with van der Waals surface area (Å²) >= 11 is 5.52. The van der Waals surface area contributed by atoms with Gasteiger partial charge in [0.2, 0.25) is 0 Å². The van der Waals surface area contributed by atoms with Crippen molar-refractivity contribution >= 4 is 23.5 Å². The van der Waals surface area contributed by atoms with Crippen molar-refractivity contribution in [3.8, 4) is 0 Å². The number of hydrogen-bond acceptors (Lipinski definition) is 3. The highest BCUT2D eigenvalue weighted by Crippen LogP contribution is 2.51. The first kappa shape index (κ1) is 15.0. The summed E-state index contributed by atoms with van der Waals surface area (Å²) in [6.45, 7) is 4.02. The van der Waals surface area contributed by atoms with E-state index >= 15 is 0 Å². The smallest absolute Gasteiger partial charge is 0.336 e. The van der Waals surface area contributed by atoms with Crippen LogP contribution in [0.15, 0.2) is 12.2 Å². The number of allylic oxidation sites excluding steroid dienone is 1. The second-order valence-corrected chi connectivity index (χ2v) is 5.60. The lowest BCUT2D eigenvalue weighted by Gasteiger charge is -2.04. The van der Waals surface area contributed by atoms with Crippen molar-refractivity contribution in [3.63, 3.8) is 0 Å². The van der Waals surface area contributed by atoms with Crippen LogP contribution in [-0.2, 0) is 14.4 Å². The molecule has 1 fully saturated rings. The van der Waals surface area contributed by atoms with E-state index in [2.05, 4.69) is 10.3 Å². The molecule has 1 aliphatic rings. The Kier molecular flexibility index (Phi) is 5.66. The lowest BCUT2D eigenvalue weighted by Crippen LogP contribution is -2.28. The average Bonchev–Trinajstić information content (AvgIpc) is 2.95. The predicted molar refractivity (Wildman–Crippen MR) is 69.8 cm³/mol. The standard InChI is InChI=1S/C13H20ClNO3/c1-13(2)9-10(13)12(17)15-18-11(16)7-5-3-4-6-8-14/h5,7,10H,3-4,6,8-9H2,1-2H3,(H,15,17)/t10-/m1/s1. The van der Waals surface area contributed by atoms with Crippen LogP contribution in [0.5, 0.6) is 0 Å². The van der Waals surface area contributed by atoms with Crippen LogP contribution in [0.3, 0.4) is 0 Å². The molecule has 0 aromatic carbocycles. The first-order valence-corrected chi connectivity index (χ1v) is 6.74. The maximum atomic E-state index is 11.5. The topological polar surface area (TPSA) is 55.4 Å². The van der Waals surface area contributed by atoms with E-state index in [0.29, 0.717) is 5.88 Å². The summed E-state index contributed by atoms with van der Waals surface area (Å²) in [5, 5.41) is 0. The summed E-state index contributed by atoms with van der Waals surface area (Å²) in [4.78, 5) is 27.4. The molecule has 1 saturated carbocycles. The zero-order valence-electron chi connectivity index (χ0n) is 10.9. The van der Waals surface area contributed by atoms with Crippen LogP contribution in [0, 0.1) is 11.3 Å². The van der Waals surface area contributed by atoms with E-state index in [-0.39, 0.29) is 17.2 Å². The summed E-state index contributed by atoms with van der Waals surface area (Å²) in [6.07, 6.45) is 6.54. The van der Waals surface area contributed by atoms with Crippen molar-refractivity contribution in [3.05, 3.63) is 12.2 Å². The molecule has 0 aromatic heterocycles. The molecule has 1 N–H and O–H groups in total. The SMILES string of the molecule is CC1(C)C[C@@H]1C(=O)NOC(=O)C=CCCCCCl. The highest BCUT2D eigenvalue weighted by atomic mass is 35.5. The molecule has 0 aliphatic heterocycles. The number of hydrogen-bond donors (Lipinski definition) is 1. The normalized spacial score (nSPS) is 20.7. The Bertz CT molecular complexity index is 339. The van der Waals surface area contributed by atoms with Gasteiger partial charge in [-0.25, -0.2) is 4.79 Å². The molecule has 1 amide bonds. The molecule has 0 bridgehead atoms. The Hall–Kier alpha value is -1.03. The van der Waals surface area contributed by atoms with E-state index in [1.54, 1.807) is 6.08 Å². The van der Waals surface area contributed by atoms with Crippen molar-refractivity contribution in [2.24, 2.45) is 11.3 Å². The van der Waals surface area contributed by atoms with Gasteiger partial charge < -0.3 is 4.84 Å². The van der Waals surface area contributed by atoms with Crippen LogP contribution in [0.1, 0.15) is 39.5 Å². The van der Waals surface area contributed by atoms with Crippen LogP contribution < -0.4 is 5.48 Å². The van der Waals surface area contributed by atoms with E-state index in [0.717, 1.165) is 25.7 Å². The molecule has 0 spiro atoms. The molecule has 1 aliphatic carbocycles. The molecule has 1 atom stereocenters. The number of carbonyl (C=O) groups is 2. The quantitative estimate of drug-likeness (QED) is 0.350. The Balaban J connectivity index is 2.12. The van der Waals surface area contributed by atoms with Crippen LogP contribution in [0.2, 0.25) is 0 Å². The Morgan fingerprint density at radius 2 is 2.11 bits per heavy atom. The number of carbonyl (C=O) groups excluding carboxylic acids is 2. The monoisotopic (exact) mass is 273 g/mol. The van der Waals surface area contributed by atoms with Gasteiger partial charge in [0.25, 0.3) is 5.91 Å². The molecule has 0 saturated heterocycles. The van der Waals surface area contributed by atoms with Gasteiger partial charge in [0.15, 0.2) is 0 Å². The zero-order chi connectivity index (χ0) is 13.6. The zero-order valence-corrected chi connectivity index (χ0v) is 11.6. The van der Waals surface area contributed by atoms with Crippen molar-refractivity contribution in [1.29, 1.82) is 0 Å². The highest BCUT2D eigenvalue weighted by molar-refractivity contribution is 6.17. The summed E-state index contributed by atoms with van der Waals surface area (Å²) in [6, 6.07) is 0. The van der Waals surface area contributed by atoms with Gasteiger partial charge >= 0.3 is 5.97 Å². The number of amides is 1. The van der Waals surface area contributed by atoms with Gasteiger partial charge in [0.1, 0.15) is 0 Å². The second-order valence-electron chi connectivity index (χ2n) is 5.22.